The number of rotatable bonds is 10. The van der Waals surface area contributed by atoms with E-state index in [9.17, 15) is 24.3 Å². The van der Waals surface area contributed by atoms with Crippen molar-refractivity contribution in [1.29, 1.82) is 0 Å². The summed E-state index contributed by atoms with van der Waals surface area (Å²) in [5, 5.41) is 20.3. The number of nitrogens with zero attached hydrogens (tertiary/aromatic N) is 5. The molecule has 14 nitrogen and oxygen atoms in total. The Hall–Kier alpha value is -5.31. The Morgan fingerprint density at radius 1 is 1.06 bits per heavy atom. The zero-order valence-corrected chi connectivity index (χ0v) is 39.2. The molecule has 4 amide bonds. The molecule has 0 unspecified atom stereocenters. The van der Waals surface area contributed by atoms with Crippen molar-refractivity contribution in [1.82, 2.24) is 40.4 Å². The van der Waals surface area contributed by atoms with Crippen LogP contribution < -0.4 is 16.1 Å². The molecule has 0 radical (unpaired) electrons. The van der Waals surface area contributed by atoms with E-state index in [0.717, 1.165) is 51.0 Å². The number of aryl methyl sites for hydroxylation is 1. The molecule has 5 heterocycles. The Balaban J connectivity index is 1.31. The molecule has 2 saturated heterocycles. The summed E-state index contributed by atoms with van der Waals surface area (Å²) >= 11 is 0. The molecular formula is C50H68N8O6. The van der Waals surface area contributed by atoms with E-state index < -0.39 is 23.5 Å². The van der Waals surface area contributed by atoms with Crippen molar-refractivity contribution in [3.8, 4) is 28.1 Å². The first-order valence-corrected chi connectivity index (χ1v) is 23.1. The topological polar surface area (TPSA) is 161 Å². The Kier molecular flexibility index (Phi) is 14.2. The molecule has 4 aromatic rings. The van der Waals surface area contributed by atoms with Crippen LogP contribution in [0.5, 0.6) is 5.75 Å². The predicted octanol–water partition coefficient (Wildman–Crippen LogP) is 5.85. The molecule has 5 atom stereocenters. The number of methoxy groups -OCH3 is 1. The molecule has 2 fully saturated rings. The molecule has 0 aliphatic carbocycles. The zero-order chi connectivity index (χ0) is 46.0. The first-order valence-electron chi connectivity index (χ1n) is 23.1. The number of pyridine rings is 1. The molecule has 2 aromatic heterocycles. The highest BCUT2D eigenvalue weighted by molar-refractivity contribution is 5.96. The van der Waals surface area contributed by atoms with Gasteiger partial charge in [-0.25, -0.2) is 5.43 Å². The lowest BCUT2D eigenvalue weighted by molar-refractivity contribution is -0.144. The third-order valence-electron chi connectivity index (χ3n) is 13.5. The SMILES string of the molecule is CCn1c(-c2cccnc2[C@H](C)OC)c2c3cc(ccc31)-c1cc(O)cc(c1)C[C@H](NC(=O)[C@H](C(C)C)N(C)C[C@H]1CCN(C(C)=O)C1)C(=O)N1CCC[C@H](N1)C(=O)NCC(C)(C)C2. The lowest BCUT2D eigenvalue weighted by Crippen LogP contribution is -2.63. The fourth-order valence-corrected chi connectivity index (χ4v) is 10.2. The summed E-state index contributed by atoms with van der Waals surface area (Å²) in [5.41, 5.74) is 10.2. The fraction of sp³-hybridized carbons (Fsp3) is 0.540. The van der Waals surface area contributed by atoms with Gasteiger partial charge in [0.15, 0.2) is 0 Å². The normalized spacial score (nSPS) is 21.5. The number of nitrogens with one attached hydrogen (secondary N) is 3. The Morgan fingerprint density at radius 2 is 1.84 bits per heavy atom. The number of carbonyl (C=O) groups is 4. The highest BCUT2D eigenvalue weighted by Crippen LogP contribution is 2.42. The van der Waals surface area contributed by atoms with Crippen molar-refractivity contribution in [2.45, 2.75) is 111 Å². The van der Waals surface area contributed by atoms with Gasteiger partial charge in [0.1, 0.15) is 17.8 Å². The Labute approximate surface area is 378 Å². The van der Waals surface area contributed by atoms with Crippen LogP contribution in [0.15, 0.2) is 54.7 Å². The van der Waals surface area contributed by atoms with Gasteiger partial charge in [0.25, 0.3) is 5.91 Å². The number of benzene rings is 2. The van der Waals surface area contributed by atoms with Gasteiger partial charge < -0.3 is 29.9 Å². The standard InChI is InChI=1S/C50H68N8O6/c1-10-57-43-16-15-35-25-39(43)40(46(57)38-13-11-18-51-44(38)31(4)64-9)26-50(6,7)29-52-47(61)41-14-12-19-58(54-41)49(63)42(23-34-21-36(35)24-37(60)22-34)53-48(62)45(30(2)3)55(8)27-33-17-20-56(28-33)32(5)59/h11,13,15-16,18,21-22,24-25,30-31,33,41-42,45,54,60H,10,12,14,17,19-20,23,26-29H2,1-9H3,(H,52,61)(H,53,62)/t31-,33+,41-,42-,45-/m0/s1. The Bertz CT molecular complexity index is 2370. The minimum atomic E-state index is -1.01. The molecule has 7 rings (SSSR count). The number of hydrogen-bond donors (Lipinski definition) is 4. The summed E-state index contributed by atoms with van der Waals surface area (Å²) < 4.78 is 8.16. The van der Waals surface area contributed by atoms with Gasteiger partial charge in [-0.1, -0.05) is 39.8 Å². The van der Waals surface area contributed by atoms with Crippen LogP contribution in [0, 0.1) is 17.3 Å². The highest BCUT2D eigenvalue weighted by Gasteiger charge is 2.37. The second-order valence-corrected chi connectivity index (χ2v) is 19.4. The molecule has 3 aliphatic heterocycles. The second kappa shape index (κ2) is 19.4. The van der Waals surface area contributed by atoms with Crippen molar-refractivity contribution in [2.24, 2.45) is 17.3 Å². The average molecular weight is 877 g/mol. The van der Waals surface area contributed by atoms with E-state index in [2.05, 4.69) is 65.7 Å². The summed E-state index contributed by atoms with van der Waals surface area (Å²) in [6.45, 7) is 17.5. The molecule has 0 spiro atoms. The van der Waals surface area contributed by atoms with E-state index in [4.69, 9.17) is 9.72 Å². The van der Waals surface area contributed by atoms with Crippen molar-refractivity contribution in [2.75, 3.05) is 46.9 Å². The number of carbonyl (C=O) groups excluding carboxylic acids is 4. The van der Waals surface area contributed by atoms with Crippen molar-refractivity contribution in [3.63, 3.8) is 0 Å². The first kappa shape index (κ1) is 46.7. The highest BCUT2D eigenvalue weighted by atomic mass is 16.5. The second-order valence-electron chi connectivity index (χ2n) is 19.4. The molecule has 14 heteroatoms. The summed E-state index contributed by atoms with van der Waals surface area (Å²) in [6.07, 6.45) is 4.28. The van der Waals surface area contributed by atoms with Crippen LogP contribution in [0.25, 0.3) is 33.3 Å². The van der Waals surface area contributed by atoms with Gasteiger partial charge in [-0.15, -0.1) is 0 Å². The van der Waals surface area contributed by atoms with Gasteiger partial charge in [-0.05, 0) is 122 Å². The number of phenols is 1. The largest absolute Gasteiger partial charge is 0.508 e. The van der Waals surface area contributed by atoms with Crippen LogP contribution >= 0.6 is 0 Å². The van der Waals surface area contributed by atoms with Crippen LogP contribution in [0.1, 0.15) is 90.7 Å². The number of aromatic nitrogens is 2. The van der Waals surface area contributed by atoms with Crippen LogP contribution in [-0.4, -0.2) is 118 Å². The third kappa shape index (κ3) is 9.99. The molecule has 6 bridgehead atoms. The summed E-state index contributed by atoms with van der Waals surface area (Å²) in [4.78, 5) is 64.0. The van der Waals surface area contributed by atoms with Crippen LogP contribution in [0.4, 0.5) is 0 Å². The van der Waals surface area contributed by atoms with E-state index in [1.807, 2.05) is 49.8 Å². The van der Waals surface area contributed by atoms with E-state index in [1.165, 1.54) is 5.01 Å². The van der Waals surface area contributed by atoms with Crippen LogP contribution in [-0.2, 0) is 43.3 Å². The van der Waals surface area contributed by atoms with E-state index >= 15 is 0 Å². The van der Waals surface area contributed by atoms with Gasteiger partial charge in [0, 0.05) is 82.4 Å². The van der Waals surface area contributed by atoms with Crippen LogP contribution in [0.3, 0.4) is 0 Å². The maximum atomic E-state index is 14.7. The molecule has 0 saturated carbocycles. The molecule has 64 heavy (non-hydrogen) atoms. The number of ether oxygens (including phenoxy) is 1. The number of fused-ring (bicyclic) bond motifs is 6. The minimum absolute atomic E-state index is 0.0463. The molecule has 2 aromatic carbocycles. The lowest BCUT2D eigenvalue weighted by atomic mass is 9.83. The van der Waals surface area contributed by atoms with E-state index in [1.54, 1.807) is 32.4 Å². The van der Waals surface area contributed by atoms with Gasteiger partial charge in [0.05, 0.1) is 23.5 Å². The van der Waals surface area contributed by atoms with Crippen molar-refractivity contribution in [3.05, 3.63) is 71.5 Å². The van der Waals surface area contributed by atoms with Gasteiger partial charge in [-0.2, -0.15) is 0 Å². The number of phenolic OH excluding ortho intramolecular Hbond substituents is 1. The average Bonchev–Trinajstić information content (AvgIpc) is 3.86. The Morgan fingerprint density at radius 3 is 2.55 bits per heavy atom. The maximum absolute atomic E-state index is 14.7. The molecule has 3 aliphatic rings. The summed E-state index contributed by atoms with van der Waals surface area (Å²) in [5.74, 6) is -0.578. The molecular weight excluding hydrogens is 809 g/mol. The number of hydrogen-bond acceptors (Lipinski definition) is 9. The van der Waals surface area contributed by atoms with E-state index in [0.29, 0.717) is 64.1 Å². The monoisotopic (exact) mass is 877 g/mol. The zero-order valence-electron chi connectivity index (χ0n) is 39.2. The molecule has 344 valence electrons. The minimum Gasteiger partial charge on any atom is -0.508 e. The number of likely N-dealkylation sites (tertiary alicyclic amines) is 1. The quantitative estimate of drug-likeness (QED) is 0.153. The fourth-order valence-electron chi connectivity index (χ4n) is 10.2. The van der Waals surface area contributed by atoms with Gasteiger partial charge in [0.2, 0.25) is 17.7 Å². The first-order chi connectivity index (χ1) is 30.5. The van der Waals surface area contributed by atoms with Crippen molar-refractivity contribution >= 4 is 34.5 Å². The smallest absolute Gasteiger partial charge is 0.259 e. The predicted molar refractivity (Wildman–Crippen MR) is 249 cm³/mol. The van der Waals surface area contributed by atoms with Crippen LogP contribution in [0.2, 0.25) is 0 Å². The summed E-state index contributed by atoms with van der Waals surface area (Å²) in [6, 6.07) is 13.6. The third-order valence-corrected chi connectivity index (χ3v) is 13.5. The molecule has 4 N–H and O–H groups in total. The summed E-state index contributed by atoms with van der Waals surface area (Å²) in [7, 11) is 3.62. The van der Waals surface area contributed by atoms with Gasteiger partial charge >= 0.3 is 0 Å². The van der Waals surface area contributed by atoms with E-state index in [-0.39, 0.29) is 53.7 Å². The van der Waals surface area contributed by atoms with Gasteiger partial charge in [-0.3, -0.25) is 34.1 Å². The van der Waals surface area contributed by atoms with Crippen molar-refractivity contribution < 1.29 is 29.0 Å². The number of aromatic hydroxyl groups is 1. The maximum Gasteiger partial charge on any atom is 0.259 e. The number of amides is 4. The lowest BCUT2D eigenvalue weighted by Gasteiger charge is -2.37. The number of likely N-dealkylation sites (N-methyl/N-ethyl adjacent to an activating group) is 1. The number of hydrazine groups is 1.